The van der Waals surface area contributed by atoms with Gasteiger partial charge in [0, 0.05) is 32.1 Å². The summed E-state index contributed by atoms with van der Waals surface area (Å²) in [5, 5.41) is 2.69. The molecule has 0 aromatic heterocycles. The first-order valence-corrected chi connectivity index (χ1v) is 11.3. The van der Waals surface area contributed by atoms with Crippen molar-refractivity contribution in [1.29, 1.82) is 0 Å². The van der Waals surface area contributed by atoms with E-state index in [9.17, 15) is 18.0 Å². The normalized spacial score (nSPS) is 22.9. The van der Waals surface area contributed by atoms with Gasteiger partial charge in [-0.25, -0.2) is 8.42 Å². The lowest BCUT2D eigenvalue weighted by Crippen LogP contribution is -2.52. The van der Waals surface area contributed by atoms with E-state index in [2.05, 4.69) is 19.2 Å². The van der Waals surface area contributed by atoms with Crippen LogP contribution in [0.2, 0.25) is 0 Å². The molecule has 3 rings (SSSR count). The van der Waals surface area contributed by atoms with Crippen molar-refractivity contribution in [1.82, 2.24) is 14.5 Å². The van der Waals surface area contributed by atoms with Gasteiger partial charge >= 0.3 is 0 Å². The molecule has 1 saturated carbocycles. The molecule has 1 aromatic rings. The van der Waals surface area contributed by atoms with Gasteiger partial charge in [-0.2, -0.15) is 4.31 Å². The maximum Gasteiger partial charge on any atom is 0.243 e. The van der Waals surface area contributed by atoms with Crippen LogP contribution >= 0.6 is 0 Å². The van der Waals surface area contributed by atoms with Gasteiger partial charge in [0.05, 0.1) is 11.4 Å². The molecule has 1 saturated heterocycles. The Bertz CT molecular complexity index is 828. The van der Waals surface area contributed by atoms with Crippen LogP contribution in [0.1, 0.15) is 38.7 Å². The van der Waals surface area contributed by atoms with Crippen LogP contribution in [-0.4, -0.2) is 62.2 Å². The second-order valence-corrected chi connectivity index (χ2v) is 9.98. The number of nitrogens with zero attached hydrogens (tertiary/aromatic N) is 2. The van der Waals surface area contributed by atoms with Gasteiger partial charge in [0.25, 0.3) is 0 Å². The van der Waals surface area contributed by atoms with Gasteiger partial charge in [0.15, 0.2) is 0 Å². The molecular weight excluding hydrogens is 378 g/mol. The summed E-state index contributed by atoms with van der Waals surface area (Å²) in [5.74, 6) is 0.553. The Labute approximate surface area is 167 Å². The molecule has 1 aliphatic heterocycles. The van der Waals surface area contributed by atoms with E-state index in [4.69, 9.17) is 0 Å². The van der Waals surface area contributed by atoms with Crippen LogP contribution in [0.5, 0.6) is 0 Å². The van der Waals surface area contributed by atoms with Crippen molar-refractivity contribution < 1.29 is 18.0 Å². The molecule has 0 spiro atoms. The fourth-order valence-electron chi connectivity index (χ4n) is 3.44. The van der Waals surface area contributed by atoms with Crippen molar-refractivity contribution >= 4 is 21.8 Å². The maximum absolute atomic E-state index is 12.8. The Hall–Kier alpha value is -1.93. The summed E-state index contributed by atoms with van der Waals surface area (Å²) in [6, 6.07) is 6.99. The van der Waals surface area contributed by atoms with Gasteiger partial charge in [0.2, 0.25) is 21.8 Å². The third-order valence-corrected chi connectivity index (χ3v) is 7.55. The maximum atomic E-state index is 12.8. The summed E-state index contributed by atoms with van der Waals surface area (Å²) in [6.07, 6.45) is 0.884. The highest BCUT2D eigenvalue weighted by atomic mass is 32.2. The molecule has 1 aromatic carbocycles. The molecule has 28 heavy (non-hydrogen) atoms. The minimum atomic E-state index is -3.56. The van der Waals surface area contributed by atoms with Crippen molar-refractivity contribution in [2.24, 2.45) is 11.8 Å². The minimum absolute atomic E-state index is 0.0224. The Kier molecular flexibility index (Phi) is 6.09. The standard InChI is InChI=1S/C20H29N3O4S/c1-14(2)16-4-6-17(7-5-16)28(26,27)23-10-8-22(9-11-23)19(24)13-21-20(25)18-12-15(18)3/h4-7,14-15,18H,8-13H2,1-3H3,(H,21,25). The first-order valence-electron chi connectivity index (χ1n) is 9.85. The molecule has 7 nitrogen and oxygen atoms in total. The van der Waals surface area contributed by atoms with E-state index in [0.29, 0.717) is 24.9 Å². The molecule has 2 atom stereocenters. The zero-order valence-corrected chi connectivity index (χ0v) is 17.5. The lowest BCUT2D eigenvalue weighted by atomic mass is 10.0. The first kappa shape index (κ1) is 20.8. The average molecular weight is 408 g/mol. The van der Waals surface area contributed by atoms with E-state index in [1.165, 1.54) is 4.31 Å². The third kappa shape index (κ3) is 4.55. The van der Waals surface area contributed by atoms with Crippen molar-refractivity contribution in [3.63, 3.8) is 0 Å². The van der Waals surface area contributed by atoms with E-state index in [1.807, 2.05) is 19.1 Å². The topological polar surface area (TPSA) is 86.8 Å². The number of benzene rings is 1. The molecule has 154 valence electrons. The number of sulfonamides is 1. The summed E-state index contributed by atoms with van der Waals surface area (Å²) in [5.41, 5.74) is 1.09. The fourth-order valence-corrected chi connectivity index (χ4v) is 4.87. The number of hydrogen-bond acceptors (Lipinski definition) is 4. The molecule has 1 N–H and O–H groups in total. The van der Waals surface area contributed by atoms with E-state index < -0.39 is 10.0 Å². The molecule has 0 radical (unpaired) electrons. The molecule has 1 heterocycles. The molecule has 2 aliphatic rings. The zero-order chi connectivity index (χ0) is 20.5. The lowest BCUT2D eigenvalue weighted by molar-refractivity contribution is -0.134. The fraction of sp³-hybridized carbons (Fsp3) is 0.600. The highest BCUT2D eigenvalue weighted by Gasteiger charge is 2.39. The van der Waals surface area contributed by atoms with Crippen LogP contribution in [0.15, 0.2) is 29.2 Å². The zero-order valence-electron chi connectivity index (χ0n) is 16.7. The highest BCUT2D eigenvalue weighted by molar-refractivity contribution is 7.89. The average Bonchev–Trinajstić information content (AvgIpc) is 3.42. The van der Waals surface area contributed by atoms with Crippen LogP contribution < -0.4 is 5.32 Å². The number of rotatable bonds is 6. The van der Waals surface area contributed by atoms with Crippen molar-refractivity contribution in [3.8, 4) is 0 Å². The summed E-state index contributed by atoms with van der Waals surface area (Å²) < 4.78 is 27.1. The lowest BCUT2D eigenvalue weighted by Gasteiger charge is -2.34. The number of hydrogen-bond donors (Lipinski definition) is 1. The number of carbonyl (C=O) groups excluding carboxylic acids is 2. The van der Waals surface area contributed by atoms with Gasteiger partial charge in [0.1, 0.15) is 0 Å². The van der Waals surface area contributed by atoms with Crippen LogP contribution in [0, 0.1) is 11.8 Å². The van der Waals surface area contributed by atoms with Crippen molar-refractivity contribution in [2.75, 3.05) is 32.7 Å². The molecule has 0 bridgehead atoms. The molecule has 2 fully saturated rings. The second kappa shape index (κ2) is 8.21. The Morgan fingerprint density at radius 3 is 2.18 bits per heavy atom. The third-order valence-electron chi connectivity index (χ3n) is 5.64. The predicted molar refractivity (Wildman–Crippen MR) is 106 cm³/mol. The van der Waals surface area contributed by atoms with E-state index in [0.717, 1.165) is 12.0 Å². The minimum Gasteiger partial charge on any atom is -0.347 e. The molecule has 2 unspecified atom stereocenters. The molecule has 2 amide bonds. The van der Waals surface area contributed by atoms with Crippen LogP contribution in [-0.2, 0) is 19.6 Å². The summed E-state index contributed by atoms with van der Waals surface area (Å²) in [4.78, 5) is 26.0. The van der Waals surface area contributed by atoms with Gasteiger partial charge in [-0.15, -0.1) is 0 Å². The smallest absolute Gasteiger partial charge is 0.243 e. The van der Waals surface area contributed by atoms with Crippen molar-refractivity contribution in [3.05, 3.63) is 29.8 Å². The van der Waals surface area contributed by atoms with E-state index >= 15 is 0 Å². The van der Waals surface area contributed by atoms with E-state index in [1.54, 1.807) is 17.0 Å². The SMILES string of the molecule is CC(C)c1ccc(S(=O)(=O)N2CCN(C(=O)CNC(=O)C3CC3C)CC2)cc1. The molecule has 8 heteroatoms. The highest BCUT2D eigenvalue weighted by Crippen LogP contribution is 2.37. The summed E-state index contributed by atoms with van der Waals surface area (Å²) in [7, 11) is -3.56. The van der Waals surface area contributed by atoms with Crippen molar-refractivity contribution in [2.45, 2.75) is 38.0 Å². The monoisotopic (exact) mass is 407 g/mol. The number of amides is 2. The quantitative estimate of drug-likeness (QED) is 0.773. The van der Waals surface area contributed by atoms with Gasteiger partial charge in [-0.3, -0.25) is 9.59 Å². The van der Waals surface area contributed by atoms with Gasteiger partial charge in [-0.05, 0) is 36.0 Å². The number of nitrogens with one attached hydrogen (secondary N) is 1. The number of piperazine rings is 1. The van der Waals surface area contributed by atoms with Crippen LogP contribution in [0.25, 0.3) is 0 Å². The predicted octanol–water partition coefficient (Wildman–Crippen LogP) is 1.42. The summed E-state index contributed by atoms with van der Waals surface area (Å²) in [6.45, 7) is 7.30. The Morgan fingerprint density at radius 1 is 1.11 bits per heavy atom. The largest absolute Gasteiger partial charge is 0.347 e. The summed E-state index contributed by atoms with van der Waals surface area (Å²) >= 11 is 0. The molecular formula is C20H29N3O4S. The van der Waals surface area contributed by atoms with Gasteiger partial charge in [-0.1, -0.05) is 32.9 Å². The first-order chi connectivity index (χ1) is 13.2. The number of carbonyl (C=O) groups is 2. The second-order valence-electron chi connectivity index (χ2n) is 8.05. The van der Waals surface area contributed by atoms with Gasteiger partial charge < -0.3 is 10.2 Å². The molecule has 1 aliphatic carbocycles. The van der Waals surface area contributed by atoms with E-state index in [-0.39, 0.29) is 42.3 Å². The van der Waals surface area contributed by atoms with Crippen LogP contribution in [0.3, 0.4) is 0 Å². The Balaban J connectivity index is 1.52. The van der Waals surface area contributed by atoms with Crippen LogP contribution in [0.4, 0.5) is 0 Å². The Morgan fingerprint density at radius 2 is 1.68 bits per heavy atom.